The van der Waals surface area contributed by atoms with Crippen LogP contribution in [0.5, 0.6) is 0 Å². The highest BCUT2D eigenvalue weighted by molar-refractivity contribution is 9.10. The number of halogens is 2. The minimum Gasteiger partial charge on any atom is -0.313 e. The van der Waals surface area contributed by atoms with Crippen molar-refractivity contribution in [3.8, 4) is 11.3 Å². The molecule has 0 aliphatic heterocycles. The molecule has 0 bridgehead atoms. The van der Waals surface area contributed by atoms with Crippen LogP contribution < -0.4 is 4.80 Å². The lowest BCUT2D eigenvalue weighted by Gasteiger charge is -2.25. The van der Waals surface area contributed by atoms with Gasteiger partial charge in [0.2, 0.25) is 4.80 Å². The second-order valence-corrected chi connectivity index (χ2v) is 10.4. The van der Waals surface area contributed by atoms with Crippen molar-refractivity contribution in [3.05, 3.63) is 69.0 Å². The molecule has 2 aromatic carbocycles. The Morgan fingerprint density at radius 3 is 2.31 bits per heavy atom. The smallest absolute Gasteiger partial charge is 0.285 e. The molecular formula is C21H20BrFN2O2S2. The Bertz CT molecular complexity index is 1160. The summed E-state index contributed by atoms with van der Waals surface area (Å²) in [5.74, 6) is -0.477. The summed E-state index contributed by atoms with van der Waals surface area (Å²) in [4.78, 5) is 0.451. The zero-order valence-corrected chi connectivity index (χ0v) is 18.8. The number of hydrogen-bond acceptors (Lipinski definition) is 3. The second-order valence-electron chi connectivity index (χ2n) is 7.09. The average Bonchev–Trinajstić information content (AvgIpc) is 3.12. The van der Waals surface area contributed by atoms with Gasteiger partial charge >= 0.3 is 0 Å². The Morgan fingerprint density at radius 1 is 1.00 bits per heavy atom. The molecule has 1 fully saturated rings. The van der Waals surface area contributed by atoms with Crippen LogP contribution in [0.15, 0.2) is 67.7 Å². The molecule has 29 heavy (non-hydrogen) atoms. The van der Waals surface area contributed by atoms with E-state index in [9.17, 15) is 12.8 Å². The minimum absolute atomic E-state index is 0.00677. The maximum absolute atomic E-state index is 13.2. The van der Waals surface area contributed by atoms with E-state index >= 15 is 0 Å². The van der Waals surface area contributed by atoms with Crippen molar-refractivity contribution >= 4 is 37.3 Å². The molecule has 1 aliphatic rings. The first-order valence-corrected chi connectivity index (χ1v) is 12.6. The third-order valence-corrected chi connectivity index (χ3v) is 7.90. The molecule has 4 rings (SSSR count). The number of rotatable bonds is 4. The van der Waals surface area contributed by atoms with Gasteiger partial charge in [0.05, 0.1) is 10.6 Å². The van der Waals surface area contributed by atoms with Crippen LogP contribution >= 0.6 is 27.3 Å². The topological polar surface area (TPSA) is 51.4 Å². The lowest BCUT2D eigenvalue weighted by atomic mass is 9.95. The number of benzene rings is 2. The zero-order chi connectivity index (χ0) is 20.4. The highest BCUT2D eigenvalue weighted by atomic mass is 79.9. The molecule has 152 valence electrons. The monoisotopic (exact) mass is 494 g/mol. The van der Waals surface area contributed by atoms with Crippen molar-refractivity contribution in [2.75, 3.05) is 0 Å². The zero-order valence-electron chi connectivity index (χ0n) is 15.6. The van der Waals surface area contributed by atoms with E-state index < -0.39 is 15.8 Å². The molecule has 8 heteroatoms. The molecule has 0 unspecified atom stereocenters. The number of sulfonamides is 1. The fourth-order valence-electron chi connectivity index (χ4n) is 3.67. The van der Waals surface area contributed by atoms with E-state index in [0.717, 1.165) is 53.5 Å². The van der Waals surface area contributed by atoms with Crippen molar-refractivity contribution < 1.29 is 12.8 Å². The molecule has 0 radical (unpaired) electrons. The Balaban J connectivity index is 1.85. The number of nitrogens with zero attached hydrogens (tertiary/aromatic N) is 2. The first-order chi connectivity index (χ1) is 13.9. The van der Waals surface area contributed by atoms with E-state index in [1.54, 1.807) is 0 Å². The van der Waals surface area contributed by atoms with Crippen LogP contribution in [-0.4, -0.2) is 13.0 Å². The first kappa shape index (κ1) is 20.5. The van der Waals surface area contributed by atoms with Crippen LogP contribution in [0.2, 0.25) is 0 Å². The number of thiazole rings is 1. The van der Waals surface area contributed by atoms with Gasteiger partial charge in [0.15, 0.2) is 0 Å². The van der Waals surface area contributed by atoms with Crippen LogP contribution in [0.3, 0.4) is 0 Å². The molecule has 0 atom stereocenters. The maximum Gasteiger partial charge on any atom is 0.285 e. The average molecular weight is 495 g/mol. The first-order valence-electron chi connectivity index (χ1n) is 9.46. The Labute approximate surface area is 181 Å². The van der Waals surface area contributed by atoms with Crippen LogP contribution in [-0.2, 0) is 10.0 Å². The Hall–Kier alpha value is -1.77. The lowest BCUT2D eigenvalue weighted by Crippen LogP contribution is -2.25. The molecule has 1 saturated carbocycles. The molecule has 0 N–H and O–H groups in total. The maximum atomic E-state index is 13.2. The van der Waals surface area contributed by atoms with E-state index in [4.69, 9.17) is 0 Å². The fraction of sp³-hybridized carbons (Fsp3) is 0.286. The van der Waals surface area contributed by atoms with Gasteiger partial charge in [-0.25, -0.2) is 4.39 Å². The van der Waals surface area contributed by atoms with Crippen molar-refractivity contribution in [2.45, 2.75) is 43.0 Å². The third-order valence-electron chi connectivity index (χ3n) is 5.13. The molecule has 1 heterocycles. The quantitative estimate of drug-likeness (QED) is 0.452. The van der Waals surface area contributed by atoms with Crippen molar-refractivity contribution in [1.29, 1.82) is 0 Å². The molecule has 0 amide bonds. The number of aromatic nitrogens is 1. The molecule has 0 spiro atoms. The van der Waals surface area contributed by atoms with E-state index in [2.05, 4.69) is 24.9 Å². The molecule has 4 nitrogen and oxygen atoms in total. The van der Waals surface area contributed by atoms with Gasteiger partial charge < -0.3 is 4.57 Å². The SMILES string of the molecule is O=S(=O)(N=c1scc(-c2ccc(Br)cc2)n1C1CCCCC1)c1ccc(F)cc1. The standard InChI is InChI=1S/C21H20BrFN2O2S2/c22-16-8-6-15(7-9-16)20-14-28-21(25(20)18-4-2-1-3-5-18)24-29(26,27)19-12-10-17(23)11-13-19/h6-14,18H,1-5H2. The Morgan fingerprint density at radius 2 is 1.66 bits per heavy atom. The van der Waals surface area contributed by atoms with E-state index in [1.807, 2.05) is 29.6 Å². The predicted octanol–water partition coefficient (Wildman–Crippen LogP) is 5.91. The summed E-state index contributed by atoms with van der Waals surface area (Å²) in [7, 11) is -3.93. The third kappa shape index (κ3) is 4.54. The van der Waals surface area contributed by atoms with Crippen LogP contribution in [0.1, 0.15) is 38.1 Å². The molecule has 3 aromatic rings. The lowest BCUT2D eigenvalue weighted by molar-refractivity contribution is 0.351. The van der Waals surface area contributed by atoms with Crippen molar-refractivity contribution in [2.24, 2.45) is 4.40 Å². The summed E-state index contributed by atoms with van der Waals surface area (Å²) in [6.45, 7) is 0. The van der Waals surface area contributed by atoms with E-state index in [0.29, 0.717) is 4.80 Å². The summed E-state index contributed by atoms with van der Waals surface area (Å²) < 4.78 is 46.1. The molecule has 1 aromatic heterocycles. The summed E-state index contributed by atoms with van der Waals surface area (Å²) in [5, 5.41) is 1.97. The summed E-state index contributed by atoms with van der Waals surface area (Å²) in [5.41, 5.74) is 2.00. The molecule has 1 aliphatic carbocycles. The summed E-state index contributed by atoms with van der Waals surface area (Å²) in [6, 6.07) is 13.0. The largest absolute Gasteiger partial charge is 0.313 e. The normalized spacial score (nSPS) is 16.3. The second kappa shape index (κ2) is 8.53. The number of hydrogen-bond donors (Lipinski definition) is 0. The fourth-order valence-corrected chi connectivity index (χ4v) is 6.11. The van der Waals surface area contributed by atoms with Gasteiger partial charge in [-0.05, 0) is 54.8 Å². The van der Waals surface area contributed by atoms with Gasteiger partial charge in [0.25, 0.3) is 10.0 Å². The van der Waals surface area contributed by atoms with Crippen LogP contribution in [0.25, 0.3) is 11.3 Å². The van der Waals surface area contributed by atoms with Gasteiger partial charge in [-0.2, -0.15) is 8.42 Å². The van der Waals surface area contributed by atoms with Gasteiger partial charge in [-0.3, -0.25) is 0 Å². The molecular weight excluding hydrogens is 475 g/mol. The highest BCUT2D eigenvalue weighted by Crippen LogP contribution is 2.32. The summed E-state index contributed by atoms with van der Waals surface area (Å²) >= 11 is 4.79. The Kier molecular flexibility index (Phi) is 6.03. The van der Waals surface area contributed by atoms with Gasteiger partial charge in [0.1, 0.15) is 5.82 Å². The predicted molar refractivity (Wildman–Crippen MR) is 117 cm³/mol. The summed E-state index contributed by atoms with van der Waals surface area (Å²) in [6.07, 6.45) is 5.46. The van der Waals surface area contributed by atoms with Gasteiger partial charge in [-0.15, -0.1) is 15.7 Å². The van der Waals surface area contributed by atoms with Gasteiger partial charge in [0, 0.05) is 15.9 Å². The van der Waals surface area contributed by atoms with Gasteiger partial charge in [-0.1, -0.05) is 47.3 Å². The highest BCUT2D eigenvalue weighted by Gasteiger charge is 2.22. The minimum atomic E-state index is -3.93. The van der Waals surface area contributed by atoms with Crippen molar-refractivity contribution in [3.63, 3.8) is 0 Å². The van der Waals surface area contributed by atoms with Crippen molar-refractivity contribution in [1.82, 2.24) is 4.57 Å². The van der Waals surface area contributed by atoms with Crippen LogP contribution in [0.4, 0.5) is 4.39 Å². The van der Waals surface area contributed by atoms with Crippen LogP contribution in [0, 0.1) is 5.82 Å². The molecule has 0 saturated heterocycles. The van der Waals surface area contributed by atoms with E-state index in [1.165, 1.54) is 29.9 Å². The van der Waals surface area contributed by atoms with E-state index in [-0.39, 0.29) is 10.9 Å².